The Morgan fingerprint density at radius 1 is 0.826 bits per heavy atom. The molecule has 0 unspecified atom stereocenters. The normalized spacial score (nSPS) is 12.1. The molecule has 2 nitrogen and oxygen atoms in total. The van der Waals surface area contributed by atoms with Crippen LogP contribution in [-0.4, -0.2) is 5.91 Å². The van der Waals surface area contributed by atoms with Crippen molar-refractivity contribution in [3.8, 4) is 0 Å². The number of carbonyl (C=O) groups excluding carboxylic acids is 1. The van der Waals surface area contributed by atoms with Crippen molar-refractivity contribution in [1.82, 2.24) is 0 Å². The van der Waals surface area contributed by atoms with Crippen molar-refractivity contribution in [3.63, 3.8) is 0 Å². The smallest absolute Gasteiger partial charge is 0.322 e. The van der Waals surface area contributed by atoms with Crippen molar-refractivity contribution in [2.45, 2.75) is 12.4 Å². The minimum Gasteiger partial charge on any atom is -0.322 e. The third-order valence-electron chi connectivity index (χ3n) is 2.92. The molecule has 0 saturated heterocycles. The lowest BCUT2D eigenvalue weighted by molar-refractivity contribution is -0.138. The first kappa shape index (κ1) is 16.9. The van der Waals surface area contributed by atoms with Gasteiger partial charge in [0.25, 0.3) is 5.91 Å². The predicted molar refractivity (Wildman–Crippen MR) is 70.8 cm³/mol. The number of alkyl halides is 6. The van der Waals surface area contributed by atoms with E-state index < -0.39 is 35.0 Å². The fourth-order valence-corrected chi connectivity index (χ4v) is 1.90. The second kappa shape index (κ2) is 5.94. The first-order chi connectivity index (χ1) is 10.6. The lowest BCUT2D eigenvalue weighted by atomic mass is 10.1. The Kier molecular flexibility index (Phi) is 4.35. The van der Waals surface area contributed by atoms with Crippen LogP contribution in [0.2, 0.25) is 0 Å². The largest absolute Gasteiger partial charge is 0.417 e. The van der Waals surface area contributed by atoms with Gasteiger partial charge in [0.05, 0.1) is 16.7 Å². The lowest BCUT2D eigenvalue weighted by Crippen LogP contribution is -2.19. The van der Waals surface area contributed by atoms with Crippen molar-refractivity contribution in [2.75, 3.05) is 5.32 Å². The molecule has 0 heterocycles. The average molecular weight is 333 g/mol. The first-order valence-corrected chi connectivity index (χ1v) is 6.24. The van der Waals surface area contributed by atoms with Crippen LogP contribution in [0, 0.1) is 0 Å². The van der Waals surface area contributed by atoms with Gasteiger partial charge in [-0.15, -0.1) is 0 Å². The summed E-state index contributed by atoms with van der Waals surface area (Å²) in [5.74, 6) is -1.14. The number of anilines is 1. The van der Waals surface area contributed by atoms with E-state index in [1.807, 2.05) is 5.32 Å². The molecule has 0 aliphatic rings. The zero-order chi connectivity index (χ0) is 17.3. The average Bonchev–Trinajstić information content (AvgIpc) is 2.46. The molecule has 0 fully saturated rings. The molecule has 122 valence electrons. The minimum atomic E-state index is -4.75. The summed E-state index contributed by atoms with van der Waals surface area (Å²) < 4.78 is 76.3. The minimum absolute atomic E-state index is 0.248. The number of hydrogen-bond donors (Lipinski definition) is 1. The number of hydrogen-bond acceptors (Lipinski definition) is 1. The fourth-order valence-electron chi connectivity index (χ4n) is 1.90. The van der Waals surface area contributed by atoms with Crippen LogP contribution in [0.5, 0.6) is 0 Å². The molecule has 0 spiro atoms. The van der Waals surface area contributed by atoms with Crippen LogP contribution < -0.4 is 5.32 Å². The number of amides is 1. The second-order valence-corrected chi connectivity index (χ2v) is 4.58. The van der Waals surface area contributed by atoms with Crippen LogP contribution in [0.1, 0.15) is 21.5 Å². The van der Waals surface area contributed by atoms with Gasteiger partial charge in [0.1, 0.15) is 0 Å². The maximum Gasteiger partial charge on any atom is 0.417 e. The molecule has 0 aliphatic carbocycles. The van der Waals surface area contributed by atoms with Crippen molar-refractivity contribution in [2.24, 2.45) is 0 Å². The van der Waals surface area contributed by atoms with E-state index in [1.165, 1.54) is 6.07 Å². The van der Waals surface area contributed by atoms with Crippen molar-refractivity contribution in [3.05, 3.63) is 65.2 Å². The van der Waals surface area contributed by atoms with Gasteiger partial charge in [-0.3, -0.25) is 4.79 Å². The molecular weight excluding hydrogens is 324 g/mol. The highest BCUT2D eigenvalue weighted by atomic mass is 19.4. The second-order valence-electron chi connectivity index (χ2n) is 4.58. The molecule has 23 heavy (non-hydrogen) atoms. The van der Waals surface area contributed by atoms with Gasteiger partial charge >= 0.3 is 12.4 Å². The summed E-state index contributed by atoms with van der Waals surface area (Å²) >= 11 is 0. The molecule has 2 rings (SSSR count). The Labute approximate surface area is 126 Å². The molecule has 0 saturated carbocycles. The molecule has 0 bridgehead atoms. The Bertz CT molecular complexity index is 720. The fraction of sp³-hybridized carbons (Fsp3) is 0.133. The molecule has 2 aromatic rings. The zero-order valence-corrected chi connectivity index (χ0v) is 11.3. The summed E-state index contributed by atoms with van der Waals surface area (Å²) in [7, 11) is 0. The van der Waals surface area contributed by atoms with Crippen LogP contribution in [0.25, 0.3) is 0 Å². The van der Waals surface area contributed by atoms with Gasteiger partial charge in [0.2, 0.25) is 0 Å². The van der Waals surface area contributed by atoms with Gasteiger partial charge < -0.3 is 5.32 Å². The third kappa shape index (κ3) is 4.02. The Morgan fingerprint density at radius 2 is 1.48 bits per heavy atom. The van der Waals surface area contributed by atoms with Crippen LogP contribution in [0.4, 0.5) is 32.0 Å². The van der Waals surface area contributed by atoms with Crippen molar-refractivity contribution < 1.29 is 31.1 Å². The highest BCUT2D eigenvalue weighted by Crippen LogP contribution is 2.33. The molecule has 1 N–H and O–H groups in total. The number of halogens is 6. The Hall–Kier alpha value is -2.51. The summed E-state index contributed by atoms with van der Waals surface area (Å²) in [5.41, 5.74) is -3.09. The molecule has 0 radical (unpaired) electrons. The van der Waals surface area contributed by atoms with Gasteiger partial charge in [-0.25, -0.2) is 0 Å². The van der Waals surface area contributed by atoms with Gasteiger partial charge in [-0.2, -0.15) is 26.3 Å². The molecule has 8 heteroatoms. The maximum absolute atomic E-state index is 12.8. The van der Waals surface area contributed by atoms with E-state index in [4.69, 9.17) is 0 Å². The summed E-state index contributed by atoms with van der Waals surface area (Å²) in [6.45, 7) is 0. The summed E-state index contributed by atoms with van der Waals surface area (Å²) in [5, 5.41) is 2.04. The van der Waals surface area contributed by atoms with E-state index in [2.05, 4.69) is 0 Å². The number of nitrogens with one attached hydrogen (secondary N) is 1. The van der Waals surface area contributed by atoms with E-state index >= 15 is 0 Å². The van der Waals surface area contributed by atoms with Crippen LogP contribution >= 0.6 is 0 Å². The van der Waals surface area contributed by atoms with E-state index in [-0.39, 0.29) is 5.69 Å². The van der Waals surface area contributed by atoms with Crippen LogP contribution in [0.15, 0.2) is 48.5 Å². The van der Waals surface area contributed by atoms with Crippen molar-refractivity contribution in [1.29, 1.82) is 0 Å². The van der Waals surface area contributed by atoms with Gasteiger partial charge in [-0.1, -0.05) is 18.2 Å². The molecule has 0 atom stereocenters. The number of carbonyl (C=O) groups is 1. The zero-order valence-electron chi connectivity index (χ0n) is 11.3. The SMILES string of the molecule is O=C(Nc1cccc(C(F)(F)F)c1)c1ccccc1C(F)(F)F. The molecule has 2 aromatic carbocycles. The summed E-state index contributed by atoms with van der Waals surface area (Å²) in [4.78, 5) is 12.0. The van der Waals surface area contributed by atoms with Crippen LogP contribution in [0.3, 0.4) is 0 Å². The first-order valence-electron chi connectivity index (χ1n) is 6.24. The maximum atomic E-state index is 12.8. The Balaban J connectivity index is 2.31. The molecule has 0 aromatic heterocycles. The summed E-state index contributed by atoms with van der Waals surface area (Å²) in [6.07, 6.45) is -9.37. The van der Waals surface area contributed by atoms with Gasteiger partial charge in [0, 0.05) is 5.69 Å². The van der Waals surface area contributed by atoms with Gasteiger partial charge in [0.15, 0.2) is 0 Å². The summed E-state index contributed by atoms with van der Waals surface area (Å²) in [6, 6.07) is 7.66. The molecular formula is C15H9F6NO. The standard InChI is InChI=1S/C15H9F6NO/c16-14(17,18)9-4-3-5-10(8-9)22-13(23)11-6-1-2-7-12(11)15(19,20)21/h1-8H,(H,22,23). The third-order valence-corrected chi connectivity index (χ3v) is 2.92. The van der Waals surface area contributed by atoms with E-state index in [0.717, 1.165) is 36.4 Å². The lowest BCUT2D eigenvalue weighted by Gasteiger charge is -2.13. The van der Waals surface area contributed by atoms with Gasteiger partial charge in [-0.05, 0) is 30.3 Å². The van der Waals surface area contributed by atoms with E-state index in [1.54, 1.807) is 0 Å². The predicted octanol–water partition coefficient (Wildman–Crippen LogP) is 4.98. The van der Waals surface area contributed by atoms with Crippen molar-refractivity contribution >= 4 is 11.6 Å². The quantitative estimate of drug-likeness (QED) is 0.772. The topological polar surface area (TPSA) is 29.1 Å². The highest BCUT2D eigenvalue weighted by Gasteiger charge is 2.35. The van der Waals surface area contributed by atoms with Crippen LogP contribution in [-0.2, 0) is 12.4 Å². The monoisotopic (exact) mass is 333 g/mol. The number of benzene rings is 2. The van der Waals surface area contributed by atoms with E-state index in [9.17, 15) is 31.1 Å². The van der Waals surface area contributed by atoms with E-state index in [0.29, 0.717) is 6.07 Å². The Morgan fingerprint density at radius 3 is 2.09 bits per heavy atom. The molecule has 0 aliphatic heterocycles. The number of rotatable bonds is 2. The molecule has 1 amide bonds. The highest BCUT2D eigenvalue weighted by molar-refractivity contribution is 6.05.